The van der Waals surface area contributed by atoms with Crippen LogP contribution in [0.3, 0.4) is 0 Å². The van der Waals surface area contributed by atoms with Crippen LogP contribution in [0.1, 0.15) is 94.2 Å². The topological polar surface area (TPSA) is 58.9 Å². The Labute approximate surface area is 320 Å². The second-order valence-electron chi connectivity index (χ2n) is 15.4. The lowest BCUT2D eigenvalue weighted by Crippen LogP contribution is -2.51. The van der Waals surface area contributed by atoms with E-state index >= 15 is 0 Å². The summed E-state index contributed by atoms with van der Waals surface area (Å²) in [5.41, 5.74) is 14.5. The quantitative estimate of drug-likeness (QED) is 0.105. The molecule has 0 aliphatic carbocycles. The molecule has 0 aliphatic rings. The Morgan fingerprint density at radius 3 is 1.04 bits per heavy atom. The van der Waals surface area contributed by atoms with Gasteiger partial charge in [0.2, 0.25) is 0 Å². The smallest absolute Gasteiger partial charge is 0.444 e. The predicted octanol–water partition coefficient (Wildman–Crippen LogP) is 7.93. The van der Waals surface area contributed by atoms with Crippen LogP contribution in [-0.2, 0) is 9.14 Å². The van der Waals surface area contributed by atoms with Crippen LogP contribution in [0.25, 0.3) is 0 Å². The van der Waals surface area contributed by atoms with E-state index in [0.29, 0.717) is 49.6 Å². The molecule has 0 saturated carbocycles. The Morgan fingerprint density at radius 1 is 0.480 bits per heavy atom. The van der Waals surface area contributed by atoms with Gasteiger partial charge < -0.3 is 19.2 Å². The summed E-state index contributed by atoms with van der Waals surface area (Å²) in [6, 6.07) is 22.8. The zero-order chi connectivity index (χ0) is 37.4. The summed E-state index contributed by atoms with van der Waals surface area (Å²) in [7, 11) is -7.32. The second-order valence-corrected chi connectivity index (χ2v) is 27.8. The van der Waals surface area contributed by atoms with Crippen molar-refractivity contribution < 1.29 is 19.2 Å². The fourth-order valence-electron chi connectivity index (χ4n) is 7.89. The molecule has 0 fully saturated rings. The van der Waals surface area contributed by atoms with Crippen LogP contribution < -0.4 is 16.4 Å². The summed E-state index contributed by atoms with van der Waals surface area (Å²) in [5, 5.41) is 22.4. The summed E-state index contributed by atoms with van der Waals surface area (Å²) in [5.74, 6) is 6.94. The molecule has 264 valence electrons. The summed E-state index contributed by atoms with van der Waals surface area (Å²) in [4.78, 5) is 0. The normalized spacial score (nSPS) is 12.0. The van der Waals surface area contributed by atoms with Crippen LogP contribution >= 0.6 is 22.6 Å². The molecular formula is C40H56B3IO4Si2. The number of hydrogen-bond acceptors (Lipinski definition) is 4. The Bertz CT molecular complexity index is 1490. The Balaban J connectivity index is 1.83. The number of benzene rings is 3. The van der Waals surface area contributed by atoms with Crippen molar-refractivity contribution in [1.82, 2.24) is 0 Å². The molecule has 0 bridgehead atoms. The summed E-state index contributed by atoms with van der Waals surface area (Å²) in [6.45, 7) is 27.7. The molecule has 0 heterocycles. The molecule has 0 unspecified atom stereocenters. The molecule has 2 N–H and O–H groups in total. The average molecular weight is 816 g/mol. The first-order valence-corrected chi connectivity index (χ1v) is 23.7. The first-order valence-electron chi connectivity index (χ1n) is 18.1. The molecule has 3 aromatic rings. The van der Waals surface area contributed by atoms with Gasteiger partial charge in [0.25, 0.3) is 0 Å². The monoisotopic (exact) mass is 816 g/mol. The molecule has 0 saturated heterocycles. The van der Waals surface area contributed by atoms with Crippen LogP contribution in [0.2, 0.25) is 33.2 Å². The molecule has 0 aromatic heterocycles. The summed E-state index contributed by atoms with van der Waals surface area (Å²) in [6.07, 6.45) is 0. The molecule has 0 spiro atoms. The minimum absolute atomic E-state index is 0.551. The highest BCUT2D eigenvalue weighted by molar-refractivity contribution is 14.1. The first kappa shape index (κ1) is 42.4. The first-order chi connectivity index (χ1) is 23.4. The standard InChI is InChI=1S/C40H56B3IO4Si2/c1-29(2)49(30(3)4,31(5)6)27-25-35-13-17-37(18-14-35)41(45)47-43(39-21-23-40(44)24-22-39)48-42(46)38-19-15-36(16-20-38)26-28-50(32(7)8,33(9)10)34(11)12/h13-24,29-34,45-46H,1-12H3. The van der Waals surface area contributed by atoms with Gasteiger partial charge in [0.05, 0.1) is 0 Å². The maximum absolute atomic E-state index is 11.2. The van der Waals surface area contributed by atoms with Crippen molar-refractivity contribution in [1.29, 1.82) is 0 Å². The largest absolute Gasteiger partial charge is 0.477 e. The van der Waals surface area contributed by atoms with Crippen molar-refractivity contribution in [2.24, 2.45) is 0 Å². The van der Waals surface area contributed by atoms with E-state index in [9.17, 15) is 10.0 Å². The molecule has 0 radical (unpaired) electrons. The molecule has 0 atom stereocenters. The van der Waals surface area contributed by atoms with Crippen molar-refractivity contribution >= 4 is 76.5 Å². The van der Waals surface area contributed by atoms with Crippen molar-refractivity contribution in [3.05, 3.63) is 87.5 Å². The minimum atomic E-state index is -1.86. The van der Waals surface area contributed by atoms with Crippen LogP contribution in [0.15, 0.2) is 72.8 Å². The highest BCUT2D eigenvalue weighted by Crippen LogP contribution is 2.41. The zero-order valence-corrected chi connectivity index (χ0v) is 36.4. The Morgan fingerprint density at radius 2 is 0.760 bits per heavy atom. The van der Waals surface area contributed by atoms with Gasteiger partial charge in [-0.3, -0.25) is 0 Å². The predicted molar refractivity (Wildman–Crippen MR) is 231 cm³/mol. The van der Waals surface area contributed by atoms with Crippen LogP contribution in [0.5, 0.6) is 0 Å². The van der Waals surface area contributed by atoms with Crippen LogP contribution in [0.4, 0.5) is 0 Å². The van der Waals surface area contributed by atoms with E-state index in [2.05, 4.69) is 129 Å². The van der Waals surface area contributed by atoms with E-state index < -0.39 is 37.5 Å². The molecule has 10 heteroatoms. The molecular weight excluding hydrogens is 760 g/mol. The van der Waals surface area contributed by atoms with Crippen LogP contribution in [0, 0.1) is 26.5 Å². The maximum atomic E-state index is 11.2. The van der Waals surface area contributed by atoms with Gasteiger partial charge in [-0.2, -0.15) is 0 Å². The maximum Gasteiger partial charge on any atom is 0.477 e. The zero-order valence-electron chi connectivity index (χ0n) is 32.2. The van der Waals surface area contributed by atoms with E-state index in [1.54, 1.807) is 0 Å². The third kappa shape index (κ3) is 10.1. The summed E-state index contributed by atoms with van der Waals surface area (Å²) >= 11 is 2.24. The fourth-order valence-corrected chi connectivity index (χ4v) is 18.7. The highest BCUT2D eigenvalue weighted by Gasteiger charge is 2.42. The average Bonchev–Trinajstić information content (AvgIpc) is 3.05. The van der Waals surface area contributed by atoms with Crippen LogP contribution in [-0.4, -0.2) is 47.6 Å². The fraction of sp³-hybridized carbons (Fsp3) is 0.450. The summed E-state index contributed by atoms with van der Waals surface area (Å²) < 4.78 is 13.2. The van der Waals surface area contributed by atoms with E-state index in [-0.39, 0.29) is 0 Å². The van der Waals surface area contributed by atoms with Gasteiger partial charge in [0, 0.05) is 14.7 Å². The van der Waals surface area contributed by atoms with Gasteiger partial charge >= 0.3 is 21.4 Å². The lowest BCUT2D eigenvalue weighted by Gasteiger charge is -2.38. The molecule has 50 heavy (non-hydrogen) atoms. The van der Waals surface area contributed by atoms with Gasteiger partial charge in [-0.25, -0.2) is 0 Å². The van der Waals surface area contributed by atoms with Gasteiger partial charge in [-0.05, 0) is 109 Å². The lowest BCUT2D eigenvalue weighted by molar-refractivity contribution is 0.356. The van der Waals surface area contributed by atoms with Gasteiger partial charge in [0.1, 0.15) is 16.1 Å². The molecule has 3 rings (SSSR count). The van der Waals surface area contributed by atoms with Crippen molar-refractivity contribution in [3.8, 4) is 22.9 Å². The third-order valence-electron chi connectivity index (χ3n) is 10.6. The van der Waals surface area contributed by atoms with Crippen molar-refractivity contribution in [3.63, 3.8) is 0 Å². The molecule has 3 aromatic carbocycles. The third-order valence-corrected chi connectivity index (χ3v) is 23.9. The molecule has 4 nitrogen and oxygen atoms in total. The Kier molecular flexibility index (Phi) is 15.8. The highest BCUT2D eigenvalue weighted by atomic mass is 127. The molecule has 0 amide bonds. The molecule has 0 aliphatic heterocycles. The van der Waals surface area contributed by atoms with E-state index in [1.165, 1.54) is 0 Å². The number of halogens is 1. The van der Waals surface area contributed by atoms with Gasteiger partial charge in [-0.15, -0.1) is 11.1 Å². The lowest BCUT2D eigenvalue weighted by atomic mass is 9.67. The van der Waals surface area contributed by atoms with E-state index in [4.69, 9.17) is 9.14 Å². The van der Waals surface area contributed by atoms with E-state index in [1.807, 2.05) is 72.8 Å². The van der Waals surface area contributed by atoms with Gasteiger partial charge in [0.15, 0.2) is 0 Å². The van der Waals surface area contributed by atoms with Crippen molar-refractivity contribution in [2.75, 3.05) is 0 Å². The Hall–Kier alpha value is -2.02. The number of hydrogen-bond donors (Lipinski definition) is 2. The van der Waals surface area contributed by atoms with Crippen molar-refractivity contribution in [2.45, 2.75) is 116 Å². The SMILES string of the molecule is CC(C)[Si](C#Cc1ccc(B(O)OB(OB(O)c2ccc(C#C[Si](C(C)C)(C(C)C)C(C)C)cc2)c2ccc(I)cc2)cc1)(C(C)C)C(C)C. The van der Waals surface area contributed by atoms with Gasteiger partial charge in [-0.1, -0.05) is 131 Å². The number of rotatable bonds is 13. The minimum Gasteiger partial charge on any atom is -0.444 e. The van der Waals surface area contributed by atoms with E-state index in [0.717, 1.165) is 14.7 Å². The second kappa shape index (κ2) is 18.6.